The van der Waals surface area contributed by atoms with Gasteiger partial charge in [0, 0.05) is 12.7 Å². The third-order valence-corrected chi connectivity index (χ3v) is 3.92. The summed E-state index contributed by atoms with van der Waals surface area (Å²) in [6.07, 6.45) is 0. The maximum absolute atomic E-state index is 12.6. The van der Waals surface area contributed by atoms with Crippen LogP contribution in [0.1, 0.15) is 43.6 Å². The number of fused-ring (bicyclic) bond motifs is 1. The average Bonchev–Trinajstić information content (AvgIpc) is 3.03. The van der Waals surface area contributed by atoms with Gasteiger partial charge in [-0.05, 0) is 39.8 Å². The normalized spacial score (nSPS) is 10.9. The predicted molar refractivity (Wildman–Crippen MR) is 91.1 cm³/mol. The molecule has 0 aliphatic rings. The van der Waals surface area contributed by atoms with Gasteiger partial charge < -0.3 is 4.42 Å². The number of rotatable bonds is 2. The van der Waals surface area contributed by atoms with Gasteiger partial charge >= 0.3 is 0 Å². The Morgan fingerprint density at radius 3 is 2.28 bits per heavy atom. The Morgan fingerprint density at radius 1 is 1.04 bits per heavy atom. The summed E-state index contributed by atoms with van der Waals surface area (Å²) in [7, 11) is 1.77. The van der Waals surface area contributed by atoms with Crippen LogP contribution in [0.25, 0.3) is 11.0 Å². The molecular weight excluding hydrogens is 322 g/mol. The minimum atomic E-state index is -0.437. The van der Waals surface area contributed by atoms with Gasteiger partial charge in [0.05, 0.1) is 22.2 Å². The number of amides is 2. The smallest absolute Gasteiger partial charge is 0.273 e. The minimum Gasteiger partial charge on any atom is -0.466 e. The number of hydrazine groups is 1. The standard InChI is InChI=1S/C17H19N5O3/c1-8-6-13(14-10(3)21-22(5)15(14)18-8)17(24)20-19-16(23)12-7-9(2)25-11(12)4/h6-7H,1-5H3,(H,19,23)(H,20,24). The molecule has 130 valence electrons. The van der Waals surface area contributed by atoms with Gasteiger partial charge in [0.1, 0.15) is 11.5 Å². The lowest BCUT2D eigenvalue weighted by Crippen LogP contribution is -2.41. The Balaban J connectivity index is 1.86. The molecule has 25 heavy (non-hydrogen) atoms. The Hall–Kier alpha value is -3.16. The van der Waals surface area contributed by atoms with Crippen LogP contribution in [-0.2, 0) is 7.05 Å². The topological polar surface area (TPSA) is 102 Å². The van der Waals surface area contributed by atoms with Crippen molar-refractivity contribution in [1.82, 2.24) is 25.6 Å². The monoisotopic (exact) mass is 341 g/mol. The minimum absolute atomic E-state index is 0.381. The van der Waals surface area contributed by atoms with Crippen molar-refractivity contribution in [2.24, 2.45) is 7.05 Å². The summed E-state index contributed by atoms with van der Waals surface area (Å²) >= 11 is 0. The van der Waals surface area contributed by atoms with Crippen LogP contribution in [-0.4, -0.2) is 26.6 Å². The van der Waals surface area contributed by atoms with E-state index < -0.39 is 11.8 Å². The average molecular weight is 341 g/mol. The van der Waals surface area contributed by atoms with Crippen LogP contribution in [0.4, 0.5) is 0 Å². The first-order valence-corrected chi connectivity index (χ1v) is 7.76. The van der Waals surface area contributed by atoms with E-state index in [-0.39, 0.29) is 0 Å². The number of furan rings is 1. The van der Waals surface area contributed by atoms with Crippen molar-refractivity contribution in [2.45, 2.75) is 27.7 Å². The first-order valence-electron chi connectivity index (χ1n) is 7.76. The molecule has 2 amide bonds. The number of hydrogen-bond acceptors (Lipinski definition) is 5. The quantitative estimate of drug-likeness (QED) is 0.693. The Bertz CT molecular complexity index is 1000. The molecule has 2 N–H and O–H groups in total. The van der Waals surface area contributed by atoms with Crippen molar-refractivity contribution in [3.63, 3.8) is 0 Å². The molecule has 3 rings (SSSR count). The molecule has 0 aliphatic carbocycles. The largest absolute Gasteiger partial charge is 0.466 e. The molecule has 8 heteroatoms. The molecule has 0 bridgehead atoms. The lowest BCUT2D eigenvalue weighted by atomic mass is 10.1. The van der Waals surface area contributed by atoms with Crippen molar-refractivity contribution >= 4 is 22.8 Å². The van der Waals surface area contributed by atoms with E-state index in [2.05, 4.69) is 20.9 Å². The zero-order chi connectivity index (χ0) is 18.3. The number of carbonyl (C=O) groups excluding carboxylic acids is 2. The van der Waals surface area contributed by atoms with E-state index in [1.54, 1.807) is 44.6 Å². The zero-order valence-electron chi connectivity index (χ0n) is 14.7. The number of nitrogens with one attached hydrogen (secondary N) is 2. The Labute approximate surface area is 144 Å². The predicted octanol–water partition coefficient (Wildman–Crippen LogP) is 1.87. The van der Waals surface area contributed by atoms with Gasteiger partial charge in [-0.2, -0.15) is 5.10 Å². The van der Waals surface area contributed by atoms with Crippen molar-refractivity contribution in [3.05, 3.63) is 46.2 Å². The van der Waals surface area contributed by atoms with Gasteiger partial charge in [-0.3, -0.25) is 25.1 Å². The fraction of sp³-hybridized carbons (Fsp3) is 0.294. The van der Waals surface area contributed by atoms with Gasteiger partial charge in [0.15, 0.2) is 5.65 Å². The van der Waals surface area contributed by atoms with Gasteiger partial charge in [-0.1, -0.05) is 0 Å². The van der Waals surface area contributed by atoms with E-state index in [0.29, 0.717) is 45.1 Å². The second-order valence-corrected chi connectivity index (χ2v) is 5.95. The molecule has 0 saturated carbocycles. The van der Waals surface area contributed by atoms with E-state index in [1.165, 1.54) is 0 Å². The summed E-state index contributed by atoms with van der Waals surface area (Å²) in [5.41, 5.74) is 7.66. The van der Waals surface area contributed by atoms with Crippen LogP contribution in [0, 0.1) is 27.7 Å². The summed E-state index contributed by atoms with van der Waals surface area (Å²) in [6.45, 7) is 7.06. The third-order valence-electron chi connectivity index (χ3n) is 3.92. The van der Waals surface area contributed by atoms with Crippen LogP contribution < -0.4 is 10.9 Å². The molecule has 0 aliphatic heterocycles. The highest BCUT2D eigenvalue weighted by Crippen LogP contribution is 2.21. The molecule has 3 aromatic rings. The van der Waals surface area contributed by atoms with Crippen LogP contribution in [0.3, 0.4) is 0 Å². The maximum atomic E-state index is 12.6. The van der Waals surface area contributed by atoms with Crippen molar-refractivity contribution < 1.29 is 14.0 Å². The number of pyridine rings is 1. The van der Waals surface area contributed by atoms with E-state index in [0.717, 1.165) is 0 Å². The summed E-state index contributed by atoms with van der Waals surface area (Å²) in [5, 5.41) is 4.97. The molecule has 0 fully saturated rings. The number of nitrogens with zero attached hydrogens (tertiary/aromatic N) is 3. The molecule has 3 aromatic heterocycles. The van der Waals surface area contributed by atoms with Crippen molar-refractivity contribution in [2.75, 3.05) is 0 Å². The Kier molecular flexibility index (Phi) is 4.03. The summed E-state index contributed by atoms with van der Waals surface area (Å²) in [5.74, 6) is 0.256. The highest BCUT2D eigenvalue weighted by atomic mass is 16.3. The molecule has 8 nitrogen and oxygen atoms in total. The maximum Gasteiger partial charge on any atom is 0.273 e. The van der Waals surface area contributed by atoms with Crippen LogP contribution in [0.2, 0.25) is 0 Å². The van der Waals surface area contributed by atoms with Gasteiger partial charge in [0.25, 0.3) is 11.8 Å². The lowest BCUT2D eigenvalue weighted by molar-refractivity contribution is 0.0846. The molecular formula is C17H19N5O3. The molecule has 0 saturated heterocycles. The van der Waals surface area contributed by atoms with E-state index >= 15 is 0 Å². The number of aromatic nitrogens is 3. The second kappa shape index (κ2) is 6.04. The van der Waals surface area contributed by atoms with Crippen LogP contribution >= 0.6 is 0 Å². The molecule has 0 spiro atoms. The highest BCUT2D eigenvalue weighted by Gasteiger charge is 2.19. The first-order chi connectivity index (χ1) is 11.8. The van der Waals surface area contributed by atoms with Gasteiger partial charge in [0.2, 0.25) is 0 Å². The van der Waals surface area contributed by atoms with E-state index in [1.807, 2.05) is 6.92 Å². The van der Waals surface area contributed by atoms with Crippen molar-refractivity contribution in [1.29, 1.82) is 0 Å². The number of carbonyl (C=O) groups is 2. The van der Waals surface area contributed by atoms with Crippen LogP contribution in [0.15, 0.2) is 16.5 Å². The molecule has 0 unspecified atom stereocenters. The van der Waals surface area contributed by atoms with E-state index in [9.17, 15) is 9.59 Å². The highest BCUT2D eigenvalue weighted by molar-refractivity contribution is 6.07. The third kappa shape index (κ3) is 2.98. The SMILES string of the molecule is Cc1cc(C(=O)NNC(=O)c2cc(C)oc2C)c2c(C)nn(C)c2n1. The van der Waals surface area contributed by atoms with E-state index in [4.69, 9.17) is 4.42 Å². The summed E-state index contributed by atoms with van der Waals surface area (Å²) < 4.78 is 6.96. The summed E-state index contributed by atoms with van der Waals surface area (Å²) in [4.78, 5) is 29.2. The second-order valence-electron chi connectivity index (χ2n) is 5.95. The molecule has 0 aromatic carbocycles. The van der Waals surface area contributed by atoms with Gasteiger partial charge in [-0.15, -0.1) is 0 Å². The fourth-order valence-corrected chi connectivity index (χ4v) is 2.85. The van der Waals surface area contributed by atoms with Gasteiger partial charge in [-0.25, -0.2) is 4.98 Å². The lowest BCUT2D eigenvalue weighted by Gasteiger charge is -2.09. The molecule has 0 atom stereocenters. The molecule has 3 heterocycles. The summed E-state index contributed by atoms with van der Waals surface area (Å²) in [6, 6.07) is 3.29. The first kappa shape index (κ1) is 16.7. The zero-order valence-corrected chi connectivity index (χ0v) is 14.7. The fourth-order valence-electron chi connectivity index (χ4n) is 2.85. The Morgan fingerprint density at radius 2 is 1.68 bits per heavy atom. The molecule has 0 radical (unpaired) electrons. The van der Waals surface area contributed by atoms with Crippen LogP contribution in [0.5, 0.6) is 0 Å². The number of hydrogen-bond donors (Lipinski definition) is 2. The number of aryl methyl sites for hydroxylation is 5. The van der Waals surface area contributed by atoms with Crippen molar-refractivity contribution in [3.8, 4) is 0 Å².